The molecule has 0 saturated heterocycles. The topological polar surface area (TPSA) is 79.3 Å². The van der Waals surface area contributed by atoms with Gasteiger partial charge in [-0.3, -0.25) is 9.59 Å². The Morgan fingerprint density at radius 3 is 2.16 bits per heavy atom. The van der Waals surface area contributed by atoms with Gasteiger partial charge in [-0.05, 0) is 46.2 Å². The van der Waals surface area contributed by atoms with E-state index in [-0.39, 0.29) is 23.2 Å². The SMILES string of the molecule is CC(C)(CC(=O)O)Cc1ncc(-c2ccc(NC(=O)c3ccc(C(C)(C)C)cc3)cc2)s1. The number of carboxylic acid groups (broad SMARTS) is 1. The van der Waals surface area contributed by atoms with Crippen LogP contribution >= 0.6 is 11.3 Å². The van der Waals surface area contributed by atoms with Crippen LogP contribution in [0.25, 0.3) is 10.4 Å². The van der Waals surface area contributed by atoms with Gasteiger partial charge in [0.2, 0.25) is 0 Å². The first-order valence-electron chi connectivity index (χ1n) is 10.6. The molecule has 0 saturated carbocycles. The summed E-state index contributed by atoms with van der Waals surface area (Å²) in [5.74, 6) is -0.937. The van der Waals surface area contributed by atoms with Gasteiger partial charge in [0.05, 0.1) is 16.3 Å². The molecule has 2 aromatic carbocycles. The number of aliphatic carboxylic acids is 1. The summed E-state index contributed by atoms with van der Waals surface area (Å²) in [5.41, 5.74) is 3.25. The average Bonchev–Trinajstić information content (AvgIpc) is 3.14. The van der Waals surface area contributed by atoms with Gasteiger partial charge < -0.3 is 10.4 Å². The molecule has 3 rings (SSSR count). The van der Waals surface area contributed by atoms with Gasteiger partial charge in [0.1, 0.15) is 0 Å². The molecule has 5 nitrogen and oxygen atoms in total. The lowest BCUT2D eigenvalue weighted by molar-refractivity contribution is -0.139. The molecule has 0 bridgehead atoms. The van der Waals surface area contributed by atoms with Crippen molar-refractivity contribution in [2.45, 2.75) is 52.9 Å². The third-order valence-corrected chi connectivity index (χ3v) is 6.30. The summed E-state index contributed by atoms with van der Waals surface area (Å²) in [7, 11) is 0. The predicted molar refractivity (Wildman–Crippen MR) is 130 cm³/mol. The number of aromatic nitrogens is 1. The van der Waals surface area contributed by atoms with Crippen molar-refractivity contribution in [3.63, 3.8) is 0 Å². The number of nitrogens with one attached hydrogen (secondary N) is 1. The normalized spacial score (nSPS) is 11.9. The third-order valence-electron chi connectivity index (χ3n) is 5.25. The molecule has 1 aromatic heterocycles. The van der Waals surface area contributed by atoms with Gasteiger partial charge in [-0.25, -0.2) is 4.98 Å². The Morgan fingerprint density at radius 2 is 1.59 bits per heavy atom. The maximum Gasteiger partial charge on any atom is 0.303 e. The van der Waals surface area contributed by atoms with E-state index in [1.807, 2.05) is 68.6 Å². The van der Waals surface area contributed by atoms with Crippen LogP contribution in [0.4, 0.5) is 5.69 Å². The highest BCUT2D eigenvalue weighted by molar-refractivity contribution is 7.15. The van der Waals surface area contributed by atoms with E-state index in [4.69, 9.17) is 5.11 Å². The summed E-state index contributed by atoms with van der Waals surface area (Å²) in [6.45, 7) is 10.3. The molecular formula is C26H30N2O3S. The minimum Gasteiger partial charge on any atom is -0.481 e. The van der Waals surface area contributed by atoms with Crippen molar-refractivity contribution >= 4 is 28.9 Å². The monoisotopic (exact) mass is 450 g/mol. The Kier molecular flexibility index (Phi) is 6.84. The molecular weight excluding hydrogens is 420 g/mol. The summed E-state index contributed by atoms with van der Waals surface area (Å²) in [5, 5.41) is 12.9. The largest absolute Gasteiger partial charge is 0.481 e. The highest BCUT2D eigenvalue weighted by Gasteiger charge is 2.24. The van der Waals surface area contributed by atoms with E-state index in [0.29, 0.717) is 12.0 Å². The first kappa shape index (κ1) is 23.7. The number of carbonyl (C=O) groups excluding carboxylic acids is 1. The Bertz CT molecular complexity index is 1090. The number of anilines is 1. The summed E-state index contributed by atoms with van der Waals surface area (Å²) in [6, 6.07) is 15.4. The Morgan fingerprint density at radius 1 is 0.969 bits per heavy atom. The van der Waals surface area contributed by atoms with Gasteiger partial charge in [0.15, 0.2) is 0 Å². The molecule has 3 aromatic rings. The van der Waals surface area contributed by atoms with Crippen LogP contribution in [-0.4, -0.2) is 22.0 Å². The van der Waals surface area contributed by atoms with Crippen molar-refractivity contribution in [1.29, 1.82) is 0 Å². The Labute approximate surface area is 193 Å². The second-order valence-corrected chi connectivity index (χ2v) is 11.0. The number of benzene rings is 2. The van der Waals surface area contributed by atoms with Crippen molar-refractivity contribution < 1.29 is 14.7 Å². The van der Waals surface area contributed by atoms with Crippen LogP contribution in [0.2, 0.25) is 0 Å². The number of rotatable bonds is 7. The highest BCUT2D eigenvalue weighted by atomic mass is 32.1. The van der Waals surface area contributed by atoms with Gasteiger partial charge in [-0.15, -0.1) is 11.3 Å². The number of amides is 1. The maximum atomic E-state index is 12.6. The Hall–Kier alpha value is -2.99. The van der Waals surface area contributed by atoms with Gasteiger partial charge in [0.25, 0.3) is 5.91 Å². The zero-order valence-corrected chi connectivity index (χ0v) is 20.0. The third kappa shape index (κ3) is 6.26. The van der Waals surface area contributed by atoms with Crippen molar-refractivity contribution in [2.75, 3.05) is 5.32 Å². The fraction of sp³-hybridized carbons (Fsp3) is 0.346. The molecule has 0 aliphatic carbocycles. The van der Waals surface area contributed by atoms with Gasteiger partial charge in [-0.1, -0.05) is 58.9 Å². The van der Waals surface area contributed by atoms with Crippen molar-refractivity contribution in [3.8, 4) is 10.4 Å². The van der Waals surface area contributed by atoms with Gasteiger partial charge >= 0.3 is 5.97 Å². The van der Waals surface area contributed by atoms with Crippen molar-refractivity contribution in [3.05, 3.63) is 70.9 Å². The van der Waals surface area contributed by atoms with Crippen LogP contribution in [0.1, 0.15) is 62.0 Å². The van der Waals surface area contributed by atoms with E-state index in [9.17, 15) is 9.59 Å². The molecule has 0 aliphatic heterocycles. The number of thiazole rings is 1. The minimum atomic E-state index is -0.797. The molecule has 6 heteroatoms. The molecule has 0 radical (unpaired) electrons. The fourth-order valence-electron chi connectivity index (χ4n) is 3.45. The summed E-state index contributed by atoms with van der Waals surface area (Å²) >= 11 is 1.57. The molecule has 0 atom stereocenters. The number of hydrogen-bond donors (Lipinski definition) is 2. The number of hydrogen-bond acceptors (Lipinski definition) is 4. The minimum absolute atomic E-state index is 0.0490. The quantitative estimate of drug-likeness (QED) is 0.436. The highest BCUT2D eigenvalue weighted by Crippen LogP contribution is 2.32. The molecule has 1 heterocycles. The number of carbonyl (C=O) groups is 2. The van der Waals surface area contributed by atoms with Crippen molar-refractivity contribution in [2.24, 2.45) is 5.41 Å². The van der Waals surface area contributed by atoms with Crippen LogP contribution in [0.5, 0.6) is 0 Å². The molecule has 0 aliphatic rings. The second kappa shape index (κ2) is 9.25. The van der Waals surface area contributed by atoms with E-state index in [0.717, 1.165) is 21.1 Å². The first-order valence-corrected chi connectivity index (χ1v) is 11.4. The van der Waals surface area contributed by atoms with E-state index in [1.54, 1.807) is 11.3 Å². The summed E-state index contributed by atoms with van der Waals surface area (Å²) in [4.78, 5) is 29.1. The lowest BCUT2D eigenvalue weighted by Gasteiger charge is -2.20. The standard InChI is InChI=1S/C26H30N2O3S/c1-25(2,3)19-10-6-18(7-11-19)24(31)28-20-12-8-17(9-13-20)21-16-27-22(32-21)14-26(4,5)15-23(29)30/h6-13,16H,14-15H2,1-5H3,(H,28,31)(H,29,30). The molecule has 0 fully saturated rings. The fourth-order valence-corrected chi connectivity index (χ4v) is 4.63. The van der Waals surface area contributed by atoms with Crippen LogP contribution in [0, 0.1) is 5.41 Å². The predicted octanol–water partition coefficient (Wildman–Crippen LogP) is 6.40. The summed E-state index contributed by atoms with van der Waals surface area (Å²) in [6.07, 6.45) is 2.54. The molecule has 0 unspecified atom stereocenters. The van der Waals surface area contributed by atoms with Crippen molar-refractivity contribution in [1.82, 2.24) is 4.98 Å². The van der Waals surface area contributed by atoms with E-state index >= 15 is 0 Å². The zero-order chi connectivity index (χ0) is 23.5. The lowest BCUT2D eigenvalue weighted by atomic mass is 9.86. The van der Waals surface area contributed by atoms with E-state index < -0.39 is 5.97 Å². The van der Waals surface area contributed by atoms with E-state index in [2.05, 4.69) is 31.1 Å². The smallest absolute Gasteiger partial charge is 0.303 e. The summed E-state index contributed by atoms with van der Waals surface area (Å²) < 4.78 is 0. The van der Waals surface area contributed by atoms with Gasteiger partial charge in [0, 0.05) is 23.9 Å². The number of carboxylic acids is 1. The van der Waals surface area contributed by atoms with Gasteiger partial charge in [-0.2, -0.15) is 0 Å². The number of nitrogens with zero attached hydrogens (tertiary/aromatic N) is 1. The molecule has 0 spiro atoms. The van der Waals surface area contributed by atoms with Crippen LogP contribution in [-0.2, 0) is 16.6 Å². The molecule has 2 N–H and O–H groups in total. The van der Waals surface area contributed by atoms with Crippen LogP contribution in [0.15, 0.2) is 54.7 Å². The Balaban J connectivity index is 1.65. The molecule has 32 heavy (non-hydrogen) atoms. The molecule has 168 valence electrons. The van der Waals surface area contributed by atoms with Crippen LogP contribution in [0.3, 0.4) is 0 Å². The zero-order valence-electron chi connectivity index (χ0n) is 19.2. The maximum absolute atomic E-state index is 12.6. The van der Waals surface area contributed by atoms with E-state index in [1.165, 1.54) is 5.56 Å². The van der Waals surface area contributed by atoms with Crippen LogP contribution < -0.4 is 5.32 Å². The second-order valence-electron chi connectivity index (χ2n) is 9.89. The molecule has 1 amide bonds. The average molecular weight is 451 g/mol. The first-order chi connectivity index (χ1) is 14.9. The lowest BCUT2D eigenvalue weighted by Crippen LogP contribution is -2.19.